The number of amides is 1. The molecule has 184 valence electrons. The smallest absolute Gasteiger partial charge is 0.284 e. The van der Waals surface area contributed by atoms with Crippen LogP contribution in [-0.2, 0) is 4.74 Å². The summed E-state index contributed by atoms with van der Waals surface area (Å²) in [5.74, 6) is 0.981. The molecule has 3 aliphatic rings. The molecule has 1 saturated carbocycles. The van der Waals surface area contributed by atoms with Crippen molar-refractivity contribution in [3.63, 3.8) is 0 Å². The van der Waals surface area contributed by atoms with Crippen LogP contribution in [0.25, 0.3) is 10.9 Å². The predicted molar refractivity (Wildman–Crippen MR) is 129 cm³/mol. The number of carbonyl (C=O) groups excluding carboxylic acids is 1. The number of hydrogen-bond acceptors (Lipinski definition) is 5. The van der Waals surface area contributed by atoms with E-state index in [1.54, 1.807) is 23.0 Å². The molecule has 2 bridgehead atoms. The lowest BCUT2D eigenvalue weighted by Gasteiger charge is -2.28. The summed E-state index contributed by atoms with van der Waals surface area (Å²) in [5.41, 5.74) is 0.576. The first-order valence-corrected chi connectivity index (χ1v) is 12.4. The second-order valence-electron chi connectivity index (χ2n) is 10.1. The Balaban J connectivity index is 1.29. The van der Waals surface area contributed by atoms with Gasteiger partial charge < -0.3 is 15.0 Å². The van der Waals surface area contributed by atoms with E-state index >= 15 is 0 Å². The molecular weight excluding hydrogens is 452 g/mol. The van der Waals surface area contributed by atoms with E-state index < -0.39 is 12.3 Å². The molecular formula is C26H29F2N5O2. The number of pyridine rings is 1. The first-order chi connectivity index (χ1) is 17.0. The van der Waals surface area contributed by atoms with E-state index in [0.717, 1.165) is 49.9 Å². The Hall–Kier alpha value is -3.07. The quantitative estimate of drug-likeness (QED) is 0.532. The van der Waals surface area contributed by atoms with Gasteiger partial charge in [0.1, 0.15) is 5.82 Å². The molecule has 35 heavy (non-hydrogen) atoms. The van der Waals surface area contributed by atoms with Crippen molar-refractivity contribution in [1.29, 1.82) is 0 Å². The molecule has 2 saturated heterocycles. The number of anilines is 2. The van der Waals surface area contributed by atoms with Gasteiger partial charge in [-0.3, -0.25) is 9.48 Å². The molecule has 1 N–H and O–H groups in total. The van der Waals surface area contributed by atoms with Gasteiger partial charge >= 0.3 is 0 Å². The molecule has 1 aliphatic carbocycles. The van der Waals surface area contributed by atoms with Gasteiger partial charge in [-0.25, -0.2) is 13.8 Å². The van der Waals surface area contributed by atoms with E-state index in [2.05, 4.69) is 22.2 Å². The highest BCUT2D eigenvalue weighted by Gasteiger charge is 2.39. The lowest BCUT2D eigenvalue weighted by atomic mass is 9.87. The minimum atomic E-state index is -2.78. The Morgan fingerprint density at radius 3 is 2.69 bits per heavy atom. The highest BCUT2D eigenvalue weighted by molar-refractivity contribution is 6.12. The molecule has 0 spiro atoms. The number of carbonyl (C=O) groups is 1. The molecule has 0 unspecified atom stereocenters. The summed E-state index contributed by atoms with van der Waals surface area (Å²) in [4.78, 5) is 20.4. The maximum absolute atomic E-state index is 13.8. The fourth-order valence-corrected chi connectivity index (χ4v) is 5.71. The lowest BCUT2D eigenvalue weighted by molar-refractivity contribution is 0.0988. The monoisotopic (exact) mass is 481 g/mol. The van der Waals surface area contributed by atoms with Gasteiger partial charge in [0.2, 0.25) is 0 Å². The van der Waals surface area contributed by atoms with Crippen molar-refractivity contribution in [2.24, 2.45) is 5.92 Å². The topological polar surface area (TPSA) is 72.3 Å². The SMILES string of the molecule is C[C@H]1CC[C@H](n2cc(NC(=O)c3cccc4ccc(N5C[C@H]6C[C@@H]5CO6)nc34)c(C(F)F)n2)CC1. The molecule has 3 fully saturated rings. The Labute approximate surface area is 202 Å². The van der Waals surface area contributed by atoms with Crippen molar-refractivity contribution in [3.05, 3.63) is 47.8 Å². The van der Waals surface area contributed by atoms with Gasteiger partial charge in [0.15, 0.2) is 5.69 Å². The van der Waals surface area contributed by atoms with Gasteiger partial charge in [0.25, 0.3) is 12.3 Å². The summed E-state index contributed by atoms with van der Waals surface area (Å²) in [6, 6.07) is 9.66. The molecule has 1 amide bonds. The Bertz CT molecular complexity index is 1250. The van der Waals surface area contributed by atoms with E-state index in [1.807, 2.05) is 18.2 Å². The first-order valence-electron chi connectivity index (χ1n) is 12.4. The van der Waals surface area contributed by atoms with E-state index in [9.17, 15) is 13.6 Å². The number of halogens is 2. The van der Waals surface area contributed by atoms with Gasteiger partial charge in [0, 0.05) is 18.1 Å². The Morgan fingerprint density at radius 1 is 1.14 bits per heavy atom. The summed E-state index contributed by atoms with van der Waals surface area (Å²) in [7, 11) is 0. The first kappa shape index (κ1) is 22.4. The largest absolute Gasteiger partial charge is 0.374 e. The third-order valence-electron chi connectivity index (χ3n) is 7.72. The van der Waals surface area contributed by atoms with Crippen LogP contribution in [0.3, 0.4) is 0 Å². The van der Waals surface area contributed by atoms with Crippen LogP contribution in [-0.4, -0.2) is 46.0 Å². The van der Waals surface area contributed by atoms with E-state index in [0.29, 0.717) is 29.6 Å². The van der Waals surface area contributed by atoms with E-state index in [4.69, 9.17) is 9.72 Å². The summed E-state index contributed by atoms with van der Waals surface area (Å²) < 4.78 is 35.0. The highest BCUT2D eigenvalue weighted by Crippen LogP contribution is 2.35. The number of ether oxygens (including phenoxy) is 1. The summed E-state index contributed by atoms with van der Waals surface area (Å²) in [6.07, 6.45) is 3.89. The third kappa shape index (κ3) is 4.16. The number of fused-ring (bicyclic) bond motifs is 3. The maximum Gasteiger partial charge on any atom is 0.284 e. The second kappa shape index (κ2) is 8.86. The highest BCUT2D eigenvalue weighted by atomic mass is 19.3. The van der Waals surface area contributed by atoms with Crippen LogP contribution >= 0.6 is 0 Å². The Kier molecular flexibility index (Phi) is 5.67. The van der Waals surface area contributed by atoms with Crippen LogP contribution in [0.5, 0.6) is 0 Å². The van der Waals surface area contributed by atoms with Gasteiger partial charge in [0.05, 0.1) is 41.6 Å². The fraction of sp³-hybridized carbons (Fsp3) is 0.500. The normalized spacial score (nSPS) is 26.1. The van der Waals surface area contributed by atoms with Crippen LogP contribution in [0.2, 0.25) is 0 Å². The molecule has 3 aromatic rings. The number of para-hydroxylation sites is 1. The molecule has 0 radical (unpaired) electrons. The molecule has 2 aliphatic heterocycles. The predicted octanol–water partition coefficient (Wildman–Crippen LogP) is 5.35. The average Bonchev–Trinajstić information content (AvgIpc) is 3.60. The van der Waals surface area contributed by atoms with E-state index in [-0.39, 0.29) is 23.5 Å². The zero-order valence-electron chi connectivity index (χ0n) is 19.7. The maximum atomic E-state index is 13.8. The van der Waals surface area contributed by atoms with Crippen molar-refractivity contribution in [2.45, 2.75) is 63.6 Å². The van der Waals surface area contributed by atoms with Crippen molar-refractivity contribution >= 4 is 28.3 Å². The number of rotatable bonds is 5. The molecule has 2 atom stereocenters. The number of aromatic nitrogens is 3. The molecule has 7 nitrogen and oxygen atoms in total. The van der Waals surface area contributed by atoms with Crippen LogP contribution < -0.4 is 10.2 Å². The van der Waals surface area contributed by atoms with Gasteiger partial charge in [-0.2, -0.15) is 5.10 Å². The molecule has 4 heterocycles. The Morgan fingerprint density at radius 2 is 1.97 bits per heavy atom. The van der Waals surface area contributed by atoms with Crippen LogP contribution in [0.1, 0.15) is 67.5 Å². The van der Waals surface area contributed by atoms with Gasteiger partial charge in [-0.15, -0.1) is 0 Å². The number of nitrogens with one attached hydrogen (secondary N) is 1. The standard InChI is InChI=1S/C26H29F2N5O2/c1-15-5-8-17(9-6-15)33-13-21(24(31-33)25(27)28)29-26(34)20-4-2-3-16-7-10-22(30-23(16)20)32-12-19-11-18(32)14-35-19/h2-4,7,10,13,15,17-19,25H,5-6,8-9,11-12,14H2,1H3,(H,29,34)/t15-,17-,18-,19-/m1/s1. The summed E-state index contributed by atoms with van der Waals surface area (Å²) >= 11 is 0. The lowest BCUT2D eigenvalue weighted by Crippen LogP contribution is -2.37. The fourth-order valence-electron chi connectivity index (χ4n) is 5.71. The second-order valence-corrected chi connectivity index (χ2v) is 10.1. The summed E-state index contributed by atoms with van der Waals surface area (Å²) in [5, 5.41) is 7.70. The number of nitrogens with zero attached hydrogens (tertiary/aromatic N) is 4. The molecule has 2 aromatic heterocycles. The van der Waals surface area contributed by atoms with Crippen LogP contribution in [0.15, 0.2) is 36.5 Å². The molecule has 1 aromatic carbocycles. The third-order valence-corrected chi connectivity index (χ3v) is 7.72. The van der Waals surface area contributed by atoms with Gasteiger partial charge in [-0.05, 0) is 56.2 Å². The number of benzene rings is 1. The zero-order chi connectivity index (χ0) is 24.1. The van der Waals surface area contributed by atoms with Crippen molar-refractivity contribution in [1.82, 2.24) is 14.8 Å². The van der Waals surface area contributed by atoms with Crippen molar-refractivity contribution < 1.29 is 18.3 Å². The summed E-state index contributed by atoms with van der Waals surface area (Å²) in [6.45, 7) is 3.68. The van der Waals surface area contributed by atoms with Crippen molar-refractivity contribution in [2.75, 3.05) is 23.4 Å². The van der Waals surface area contributed by atoms with Crippen LogP contribution in [0.4, 0.5) is 20.3 Å². The minimum absolute atomic E-state index is 0.0609. The van der Waals surface area contributed by atoms with Crippen LogP contribution in [0, 0.1) is 5.92 Å². The van der Waals surface area contributed by atoms with E-state index in [1.165, 1.54) is 0 Å². The van der Waals surface area contributed by atoms with Gasteiger partial charge in [-0.1, -0.05) is 19.1 Å². The molecule has 6 rings (SSSR count). The minimum Gasteiger partial charge on any atom is -0.374 e. The zero-order valence-corrected chi connectivity index (χ0v) is 19.7. The number of hydrogen-bond donors (Lipinski definition) is 1. The van der Waals surface area contributed by atoms with Crippen molar-refractivity contribution in [3.8, 4) is 0 Å². The number of morpholine rings is 1. The molecule has 9 heteroatoms. The number of alkyl halides is 2. The average molecular weight is 482 g/mol.